The number of piperidine rings is 1. The van der Waals surface area contributed by atoms with Gasteiger partial charge in [0, 0.05) is 13.1 Å². The molecule has 0 N–H and O–H groups in total. The zero-order valence-electron chi connectivity index (χ0n) is 10.6. The highest BCUT2D eigenvalue weighted by Crippen LogP contribution is 2.10. The molecule has 0 radical (unpaired) electrons. The lowest BCUT2D eigenvalue weighted by molar-refractivity contribution is 0.0982. The average molecular weight is 246 g/mol. The van der Waals surface area contributed by atoms with E-state index < -0.39 is 0 Å². The maximum atomic E-state index is 11.7. The number of carbonyl (C=O) groups excluding carboxylic acids is 1. The largest absolute Gasteiger partial charge is 0.435 e. The van der Waals surface area contributed by atoms with Gasteiger partial charge in [0.2, 0.25) is 0 Å². The van der Waals surface area contributed by atoms with E-state index in [1.165, 1.54) is 6.42 Å². The van der Waals surface area contributed by atoms with Gasteiger partial charge in [-0.05, 0) is 31.7 Å². The molecule has 1 amide bonds. The lowest BCUT2D eigenvalue weighted by Crippen LogP contribution is -2.35. The molecule has 18 heavy (non-hydrogen) atoms. The van der Waals surface area contributed by atoms with Crippen molar-refractivity contribution < 1.29 is 9.63 Å². The summed E-state index contributed by atoms with van der Waals surface area (Å²) in [5.74, 6) is 0. The van der Waals surface area contributed by atoms with Crippen molar-refractivity contribution in [1.29, 1.82) is 0 Å². The highest BCUT2D eigenvalue weighted by Gasteiger charge is 2.17. The van der Waals surface area contributed by atoms with Crippen molar-refractivity contribution in [2.75, 3.05) is 13.1 Å². The van der Waals surface area contributed by atoms with Crippen LogP contribution in [0.4, 0.5) is 4.79 Å². The van der Waals surface area contributed by atoms with Crippen LogP contribution >= 0.6 is 0 Å². The average Bonchev–Trinajstić information content (AvgIpc) is 2.46. The summed E-state index contributed by atoms with van der Waals surface area (Å²) < 4.78 is 0. The van der Waals surface area contributed by atoms with E-state index in [0.29, 0.717) is 5.71 Å². The summed E-state index contributed by atoms with van der Waals surface area (Å²) in [6, 6.07) is 9.68. The molecule has 1 aromatic rings. The summed E-state index contributed by atoms with van der Waals surface area (Å²) in [5.41, 5.74) is 1.67. The molecule has 4 nitrogen and oxygen atoms in total. The Hall–Kier alpha value is -1.84. The van der Waals surface area contributed by atoms with E-state index >= 15 is 0 Å². The van der Waals surface area contributed by atoms with E-state index in [1.807, 2.05) is 37.3 Å². The van der Waals surface area contributed by atoms with Gasteiger partial charge in [0.15, 0.2) is 0 Å². The van der Waals surface area contributed by atoms with Crippen LogP contribution in [0.1, 0.15) is 31.7 Å². The van der Waals surface area contributed by atoms with Gasteiger partial charge in [-0.2, -0.15) is 0 Å². The summed E-state index contributed by atoms with van der Waals surface area (Å²) in [4.78, 5) is 18.4. The Morgan fingerprint density at radius 2 is 1.83 bits per heavy atom. The number of amides is 1. The number of hydrogen-bond donors (Lipinski definition) is 0. The molecule has 0 spiro atoms. The van der Waals surface area contributed by atoms with Gasteiger partial charge in [0.05, 0.1) is 5.71 Å². The molecule has 1 aromatic carbocycles. The number of hydrogen-bond acceptors (Lipinski definition) is 3. The molecule has 0 saturated carbocycles. The summed E-state index contributed by atoms with van der Waals surface area (Å²) in [5, 5.41) is 3.89. The standard InChI is InChI=1S/C14H18N2O2/c1-12(13-8-4-2-5-9-13)15-18-14(17)16-10-6-3-7-11-16/h2,4-5,8-9H,3,6-7,10-11H2,1H3/b15-12+. The van der Waals surface area contributed by atoms with Crippen LogP contribution in [0.3, 0.4) is 0 Å². The maximum absolute atomic E-state index is 11.7. The molecule has 1 aliphatic rings. The Balaban J connectivity index is 1.91. The second-order valence-electron chi connectivity index (χ2n) is 4.45. The molecule has 0 unspecified atom stereocenters. The number of likely N-dealkylation sites (tertiary alicyclic amines) is 1. The van der Waals surface area contributed by atoms with Gasteiger partial charge in [-0.25, -0.2) is 4.79 Å². The molecule has 1 aliphatic heterocycles. The van der Waals surface area contributed by atoms with Crippen molar-refractivity contribution in [1.82, 2.24) is 4.90 Å². The van der Waals surface area contributed by atoms with Crippen LogP contribution in [0, 0.1) is 0 Å². The summed E-state index contributed by atoms with van der Waals surface area (Å²) >= 11 is 0. The molecular formula is C14H18N2O2. The minimum Gasteiger partial charge on any atom is -0.306 e. The monoisotopic (exact) mass is 246 g/mol. The van der Waals surface area contributed by atoms with Crippen molar-refractivity contribution >= 4 is 11.8 Å². The summed E-state index contributed by atoms with van der Waals surface area (Å²) in [6.45, 7) is 3.39. The Bertz CT molecular complexity index is 423. The van der Waals surface area contributed by atoms with Crippen LogP contribution in [0.2, 0.25) is 0 Å². The highest BCUT2D eigenvalue weighted by atomic mass is 16.7. The Morgan fingerprint density at radius 1 is 1.17 bits per heavy atom. The molecule has 2 rings (SSSR count). The van der Waals surface area contributed by atoms with Crippen molar-refractivity contribution in [3.63, 3.8) is 0 Å². The van der Waals surface area contributed by atoms with Gasteiger partial charge >= 0.3 is 6.09 Å². The first-order valence-corrected chi connectivity index (χ1v) is 6.33. The number of oxime groups is 1. The number of benzene rings is 1. The third kappa shape index (κ3) is 3.32. The number of nitrogens with zero attached hydrogens (tertiary/aromatic N) is 2. The Labute approximate surface area is 107 Å². The molecule has 96 valence electrons. The zero-order valence-corrected chi connectivity index (χ0v) is 10.6. The van der Waals surface area contributed by atoms with Crippen molar-refractivity contribution in [2.24, 2.45) is 5.16 Å². The van der Waals surface area contributed by atoms with Crippen molar-refractivity contribution in [2.45, 2.75) is 26.2 Å². The smallest absolute Gasteiger partial charge is 0.306 e. The van der Waals surface area contributed by atoms with E-state index in [2.05, 4.69) is 5.16 Å². The number of rotatable bonds is 2. The van der Waals surface area contributed by atoms with Gasteiger partial charge in [-0.1, -0.05) is 35.5 Å². The normalized spacial score (nSPS) is 16.5. The molecule has 0 aromatic heterocycles. The minimum absolute atomic E-state index is 0.343. The highest BCUT2D eigenvalue weighted by molar-refractivity contribution is 5.98. The van der Waals surface area contributed by atoms with Crippen molar-refractivity contribution in [3.05, 3.63) is 35.9 Å². The zero-order chi connectivity index (χ0) is 12.8. The number of carbonyl (C=O) groups is 1. The van der Waals surface area contributed by atoms with Crippen molar-refractivity contribution in [3.8, 4) is 0 Å². The predicted molar refractivity (Wildman–Crippen MR) is 70.6 cm³/mol. The van der Waals surface area contributed by atoms with Crippen LogP contribution in [0.5, 0.6) is 0 Å². The SMILES string of the molecule is C/C(=N\OC(=O)N1CCCCC1)c1ccccc1. The molecule has 1 saturated heterocycles. The fourth-order valence-corrected chi connectivity index (χ4v) is 1.97. The van der Waals surface area contributed by atoms with Gasteiger partial charge < -0.3 is 4.90 Å². The van der Waals surface area contributed by atoms with Gasteiger partial charge in [0.25, 0.3) is 0 Å². The second kappa shape index (κ2) is 6.19. The van der Waals surface area contributed by atoms with E-state index in [4.69, 9.17) is 4.84 Å². The topological polar surface area (TPSA) is 41.9 Å². The third-order valence-corrected chi connectivity index (χ3v) is 3.07. The summed E-state index contributed by atoms with van der Waals surface area (Å²) in [7, 11) is 0. The first-order chi connectivity index (χ1) is 8.77. The second-order valence-corrected chi connectivity index (χ2v) is 4.45. The summed E-state index contributed by atoms with van der Waals surface area (Å²) in [6.07, 6.45) is 2.95. The van der Waals surface area contributed by atoms with Gasteiger partial charge in [-0.15, -0.1) is 0 Å². The van der Waals surface area contributed by atoms with Gasteiger partial charge in [0.1, 0.15) is 0 Å². The molecule has 0 atom stereocenters. The lowest BCUT2D eigenvalue weighted by Gasteiger charge is -2.24. The van der Waals surface area contributed by atoms with Crippen LogP contribution < -0.4 is 0 Å². The maximum Gasteiger partial charge on any atom is 0.435 e. The van der Waals surface area contributed by atoms with E-state index in [9.17, 15) is 4.79 Å². The van der Waals surface area contributed by atoms with E-state index in [-0.39, 0.29) is 6.09 Å². The Morgan fingerprint density at radius 3 is 2.50 bits per heavy atom. The first-order valence-electron chi connectivity index (χ1n) is 6.33. The molecule has 1 heterocycles. The van der Waals surface area contributed by atoms with E-state index in [1.54, 1.807) is 4.90 Å². The molecular weight excluding hydrogens is 228 g/mol. The van der Waals surface area contributed by atoms with E-state index in [0.717, 1.165) is 31.5 Å². The van der Waals surface area contributed by atoms with Crippen LogP contribution in [-0.4, -0.2) is 29.8 Å². The Kier molecular flexibility index (Phi) is 4.34. The fourth-order valence-electron chi connectivity index (χ4n) is 1.97. The molecule has 1 fully saturated rings. The van der Waals surface area contributed by atoms with Crippen LogP contribution in [-0.2, 0) is 4.84 Å². The molecule has 0 bridgehead atoms. The minimum atomic E-state index is -0.343. The quantitative estimate of drug-likeness (QED) is 0.457. The van der Waals surface area contributed by atoms with Gasteiger partial charge in [-0.3, -0.25) is 4.84 Å². The first kappa shape index (κ1) is 12.6. The molecule has 4 heteroatoms. The predicted octanol–water partition coefficient (Wildman–Crippen LogP) is 3.03. The lowest BCUT2D eigenvalue weighted by atomic mass is 10.1. The van der Waals surface area contributed by atoms with Crippen LogP contribution in [0.25, 0.3) is 0 Å². The fraction of sp³-hybridized carbons (Fsp3) is 0.429. The molecule has 0 aliphatic carbocycles. The van der Waals surface area contributed by atoms with Crippen LogP contribution in [0.15, 0.2) is 35.5 Å². The third-order valence-electron chi connectivity index (χ3n) is 3.07.